The Bertz CT molecular complexity index is 753. The third-order valence-corrected chi connectivity index (χ3v) is 5.83. The average Bonchev–Trinajstić information content (AvgIpc) is 3.01. The van der Waals surface area contributed by atoms with Gasteiger partial charge in [-0.15, -0.1) is 0 Å². The molecule has 3 unspecified atom stereocenters. The zero-order chi connectivity index (χ0) is 19.7. The predicted octanol–water partition coefficient (Wildman–Crippen LogP) is 2.13. The van der Waals surface area contributed by atoms with Gasteiger partial charge in [0.05, 0.1) is 24.0 Å². The lowest BCUT2D eigenvalue weighted by molar-refractivity contribution is 0.249. The van der Waals surface area contributed by atoms with E-state index in [0.717, 1.165) is 49.1 Å². The highest BCUT2D eigenvalue weighted by atomic mass is 19.1. The van der Waals surface area contributed by atoms with Crippen molar-refractivity contribution in [3.63, 3.8) is 0 Å². The Morgan fingerprint density at radius 2 is 2.07 bits per heavy atom. The number of halogens is 1. The number of allylic oxidation sites excluding steroid dienone is 1. The molecular weight excluding hydrogens is 357 g/mol. The summed E-state index contributed by atoms with van der Waals surface area (Å²) >= 11 is 0. The Labute approximate surface area is 166 Å². The monoisotopic (exact) mass is 389 g/mol. The Morgan fingerprint density at radius 1 is 1.21 bits per heavy atom. The van der Waals surface area contributed by atoms with Crippen LogP contribution in [0.3, 0.4) is 0 Å². The first-order chi connectivity index (χ1) is 13.5. The molecule has 1 fully saturated rings. The van der Waals surface area contributed by atoms with E-state index in [-0.39, 0.29) is 24.3 Å². The quantitative estimate of drug-likeness (QED) is 0.544. The molecule has 0 bridgehead atoms. The topological polar surface area (TPSA) is 69.4 Å². The van der Waals surface area contributed by atoms with E-state index < -0.39 is 0 Å². The first kappa shape index (κ1) is 19.6. The highest BCUT2D eigenvalue weighted by Crippen LogP contribution is 2.41. The third kappa shape index (κ3) is 4.03. The molecule has 3 aliphatic heterocycles. The molecule has 3 heterocycles. The summed E-state index contributed by atoms with van der Waals surface area (Å²) in [4.78, 5) is 0. The van der Waals surface area contributed by atoms with Crippen LogP contribution in [-0.4, -0.2) is 44.7 Å². The summed E-state index contributed by atoms with van der Waals surface area (Å²) in [5.41, 5.74) is 3.29. The van der Waals surface area contributed by atoms with Crippen LogP contribution in [0.25, 0.3) is 5.57 Å². The molecule has 1 saturated heterocycles. The van der Waals surface area contributed by atoms with Crippen LogP contribution in [0.15, 0.2) is 12.1 Å². The van der Waals surface area contributed by atoms with Crippen molar-refractivity contribution < 1.29 is 9.13 Å². The second-order valence-electron chi connectivity index (χ2n) is 8.13. The van der Waals surface area contributed by atoms with Gasteiger partial charge in [0.15, 0.2) is 5.82 Å². The number of fused-ring (bicyclic) bond motifs is 1. The summed E-state index contributed by atoms with van der Waals surface area (Å²) in [6.07, 6.45) is 5.77. The maximum atomic E-state index is 15.7. The Kier molecular flexibility index (Phi) is 5.87. The predicted molar refractivity (Wildman–Crippen MR) is 111 cm³/mol. The maximum absolute atomic E-state index is 15.7. The SMILES string of the molecule is CNC1CC(C)NC(Nc2cc3c(c(C4=C[C@@H](C)NCCC4)c2F)OCC3)N1. The van der Waals surface area contributed by atoms with Gasteiger partial charge in [0.2, 0.25) is 0 Å². The first-order valence-electron chi connectivity index (χ1n) is 10.4. The largest absolute Gasteiger partial charge is 0.492 e. The van der Waals surface area contributed by atoms with Gasteiger partial charge in [-0.1, -0.05) is 6.08 Å². The van der Waals surface area contributed by atoms with Crippen molar-refractivity contribution in [2.24, 2.45) is 0 Å². The van der Waals surface area contributed by atoms with Crippen LogP contribution >= 0.6 is 0 Å². The highest BCUT2D eigenvalue weighted by Gasteiger charge is 2.29. The molecule has 3 aliphatic rings. The normalized spacial score (nSPS) is 30.2. The number of benzene rings is 1. The summed E-state index contributed by atoms with van der Waals surface area (Å²) in [5.74, 6) is 0.512. The second-order valence-corrected chi connectivity index (χ2v) is 8.13. The molecule has 0 saturated carbocycles. The van der Waals surface area contributed by atoms with Crippen LogP contribution in [0.5, 0.6) is 5.75 Å². The fourth-order valence-corrected chi connectivity index (χ4v) is 4.43. The second kappa shape index (κ2) is 8.37. The van der Waals surface area contributed by atoms with Crippen molar-refractivity contribution >= 4 is 11.3 Å². The summed E-state index contributed by atoms with van der Waals surface area (Å²) in [6, 6.07) is 2.47. The van der Waals surface area contributed by atoms with Gasteiger partial charge in [-0.2, -0.15) is 0 Å². The van der Waals surface area contributed by atoms with Gasteiger partial charge >= 0.3 is 0 Å². The number of nitrogens with one attached hydrogen (secondary N) is 5. The fourth-order valence-electron chi connectivity index (χ4n) is 4.43. The zero-order valence-electron chi connectivity index (χ0n) is 17.0. The van der Waals surface area contributed by atoms with Gasteiger partial charge in [-0.3, -0.25) is 10.6 Å². The lowest BCUT2D eigenvalue weighted by Gasteiger charge is -2.37. The summed E-state index contributed by atoms with van der Waals surface area (Å²) in [6.45, 7) is 5.82. The van der Waals surface area contributed by atoms with Crippen LogP contribution in [0, 0.1) is 5.82 Å². The standard InChI is InChI=1S/C21H32FN5O/c1-12-9-14(5-4-7-24-12)18-19(22)16(11-15-6-8-28-20(15)18)26-21-25-13(2)10-17(23-3)27-21/h9,11-13,17,21,23-27H,4-8,10H2,1-3H3/t12-,13?,17?,21?/m1/s1. The van der Waals surface area contributed by atoms with E-state index >= 15 is 4.39 Å². The van der Waals surface area contributed by atoms with Crippen LogP contribution in [-0.2, 0) is 6.42 Å². The van der Waals surface area contributed by atoms with Crippen LogP contribution < -0.4 is 31.3 Å². The molecule has 0 radical (unpaired) electrons. The summed E-state index contributed by atoms with van der Waals surface area (Å²) < 4.78 is 21.6. The number of anilines is 1. The van der Waals surface area contributed by atoms with Crippen molar-refractivity contribution in [1.29, 1.82) is 0 Å². The van der Waals surface area contributed by atoms with Crippen molar-refractivity contribution in [1.82, 2.24) is 21.3 Å². The molecule has 0 aliphatic carbocycles. The number of hydrogen-bond acceptors (Lipinski definition) is 6. The molecule has 0 spiro atoms. The lowest BCUT2D eigenvalue weighted by Crippen LogP contribution is -2.63. The van der Waals surface area contributed by atoms with Gasteiger partial charge in [0.1, 0.15) is 12.0 Å². The average molecular weight is 390 g/mol. The molecule has 5 N–H and O–H groups in total. The Balaban J connectivity index is 1.67. The molecule has 154 valence electrons. The summed E-state index contributed by atoms with van der Waals surface area (Å²) in [5, 5.41) is 16.9. The van der Waals surface area contributed by atoms with E-state index in [4.69, 9.17) is 4.74 Å². The fraction of sp³-hybridized carbons (Fsp3) is 0.619. The van der Waals surface area contributed by atoms with Gasteiger partial charge in [-0.25, -0.2) is 4.39 Å². The van der Waals surface area contributed by atoms with Gasteiger partial charge in [0.25, 0.3) is 0 Å². The van der Waals surface area contributed by atoms with Crippen molar-refractivity contribution in [3.8, 4) is 5.75 Å². The zero-order valence-corrected chi connectivity index (χ0v) is 17.0. The molecule has 1 aromatic carbocycles. The molecule has 6 nitrogen and oxygen atoms in total. The molecule has 0 amide bonds. The van der Waals surface area contributed by atoms with Gasteiger partial charge in [-0.05, 0) is 58.3 Å². The minimum atomic E-state index is -0.219. The van der Waals surface area contributed by atoms with Gasteiger partial charge < -0.3 is 20.7 Å². The lowest BCUT2D eigenvalue weighted by atomic mass is 9.95. The van der Waals surface area contributed by atoms with E-state index in [2.05, 4.69) is 46.5 Å². The van der Waals surface area contributed by atoms with E-state index in [0.29, 0.717) is 23.9 Å². The number of ether oxygens (including phenoxy) is 1. The van der Waals surface area contributed by atoms with Crippen molar-refractivity contribution in [2.45, 2.75) is 64.1 Å². The molecule has 4 atom stereocenters. The van der Waals surface area contributed by atoms with E-state index in [1.165, 1.54) is 0 Å². The maximum Gasteiger partial charge on any atom is 0.157 e. The van der Waals surface area contributed by atoms with Crippen molar-refractivity contribution in [3.05, 3.63) is 29.1 Å². The van der Waals surface area contributed by atoms with E-state index in [9.17, 15) is 0 Å². The molecule has 0 aromatic heterocycles. The van der Waals surface area contributed by atoms with E-state index in [1.54, 1.807) is 0 Å². The van der Waals surface area contributed by atoms with Crippen LogP contribution in [0.4, 0.5) is 10.1 Å². The highest BCUT2D eigenvalue weighted by molar-refractivity contribution is 5.77. The van der Waals surface area contributed by atoms with Crippen LogP contribution in [0.2, 0.25) is 0 Å². The molecule has 1 aromatic rings. The number of hydrogen-bond donors (Lipinski definition) is 5. The van der Waals surface area contributed by atoms with E-state index in [1.807, 2.05) is 13.1 Å². The number of rotatable bonds is 4. The Morgan fingerprint density at radius 3 is 2.89 bits per heavy atom. The smallest absolute Gasteiger partial charge is 0.157 e. The summed E-state index contributed by atoms with van der Waals surface area (Å²) in [7, 11) is 1.94. The minimum absolute atomic E-state index is 0.186. The molecule has 4 rings (SSSR count). The van der Waals surface area contributed by atoms with Crippen LogP contribution in [0.1, 0.15) is 44.2 Å². The third-order valence-electron chi connectivity index (χ3n) is 5.83. The molecule has 7 heteroatoms. The first-order valence-corrected chi connectivity index (χ1v) is 10.4. The van der Waals surface area contributed by atoms with Crippen molar-refractivity contribution in [2.75, 3.05) is 25.5 Å². The Hall–Kier alpha value is -1.67. The minimum Gasteiger partial charge on any atom is -0.492 e. The molecule has 28 heavy (non-hydrogen) atoms. The van der Waals surface area contributed by atoms with Gasteiger partial charge in [0, 0.05) is 24.1 Å². The molecular formula is C21H32FN5O.